The van der Waals surface area contributed by atoms with Crippen LogP contribution in [-0.2, 0) is 0 Å². The summed E-state index contributed by atoms with van der Waals surface area (Å²) in [5.74, 6) is 0.764. The first kappa shape index (κ1) is 14.4. The van der Waals surface area contributed by atoms with Gasteiger partial charge in [-0.3, -0.25) is 0 Å². The molecule has 0 bridgehead atoms. The monoisotopic (exact) mass is 322 g/mol. The highest BCUT2D eigenvalue weighted by Crippen LogP contribution is 2.27. The zero-order valence-electron chi connectivity index (χ0n) is 11.0. The molecule has 0 heterocycles. The molecule has 19 heavy (non-hydrogen) atoms. The van der Waals surface area contributed by atoms with Gasteiger partial charge < -0.3 is 10.5 Å². The van der Waals surface area contributed by atoms with Crippen LogP contribution in [0.4, 0.5) is 0 Å². The number of nitrogens with two attached hydrogens (primary N) is 1. The summed E-state index contributed by atoms with van der Waals surface area (Å²) in [6, 6.07) is 7.53. The van der Waals surface area contributed by atoms with Gasteiger partial charge >= 0.3 is 0 Å². The van der Waals surface area contributed by atoms with E-state index in [2.05, 4.69) is 22.0 Å². The number of hydrogen-bond acceptors (Lipinski definition) is 3. The van der Waals surface area contributed by atoms with Crippen LogP contribution >= 0.6 is 15.9 Å². The second-order valence-corrected chi connectivity index (χ2v) is 6.17. The van der Waals surface area contributed by atoms with Gasteiger partial charge in [0.2, 0.25) is 0 Å². The van der Waals surface area contributed by atoms with E-state index in [-0.39, 0.29) is 5.54 Å². The van der Waals surface area contributed by atoms with Crippen LogP contribution in [0.15, 0.2) is 22.7 Å². The Balaban J connectivity index is 1.98. The lowest BCUT2D eigenvalue weighted by atomic mass is 9.92. The lowest BCUT2D eigenvalue weighted by Crippen LogP contribution is -2.45. The number of ether oxygens (including phenoxy) is 1. The van der Waals surface area contributed by atoms with Crippen LogP contribution in [0.5, 0.6) is 5.75 Å². The Morgan fingerprint density at radius 2 is 1.95 bits per heavy atom. The molecular formula is C15H19BrN2O. The van der Waals surface area contributed by atoms with Gasteiger partial charge in [-0.05, 0) is 47.0 Å². The molecule has 0 aromatic heterocycles. The molecule has 1 saturated carbocycles. The van der Waals surface area contributed by atoms with E-state index in [1.807, 2.05) is 12.1 Å². The molecule has 4 heteroatoms. The van der Waals surface area contributed by atoms with Crippen molar-refractivity contribution in [2.75, 3.05) is 6.61 Å². The second-order valence-electron chi connectivity index (χ2n) is 5.32. The molecule has 1 aliphatic rings. The molecule has 0 radical (unpaired) electrons. The van der Waals surface area contributed by atoms with Crippen molar-refractivity contribution in [2.24, 2.45) is 5.73 Å². The number of halogens is 1. The van der Waals surface area contributed by atoms with Crippen LogP contribution < -0.4 is 10.5 Å². The standard InChI is InChI=1S/C15H19BrN2O/c16-14-9-13(6-5-12(14)10-17)19-11-15(18)7-3-1-2-4-8-15/h5-6,9H,1-4,7-8,11,18H2. The lowest BCUT2D eigenvalue weighted by molar-refractivity contribution is 0.199. The zero-order valence-corrected chi connectivity index (χ0v) is 12.6. The van der Waals surface area contributed by atoms with Crippen molar-refractivity contribution in [3.63, 3.8) is 0 Å². The van der Waals surface area contributed by atoms with Crippen molar-refractivity contribution in [3.8, 4) is 11.8 Å². The van der Waals surface area contributed by atoms with Crippen molar-refractivity contribution < 1.29 is 4.74 Å². The average molecular weight is 323 g/mol. The Hall–Kier alpha value is -1.05. The molecule has 1 aliphatic carbocycles. The topological polar surface area (TPSA) is 59.0 Å². The van der Waals surface area contributed by atoms with E-state index < -0.39 is 0 Å². The van der Waals surface area contributed by atoms with E-state index in [0.29, 0.717) is 12.2 Å². The molecule has 0 aliphatic heterocycles. The molecule has 0 amide bonds. The highest BCUT2D eigenvalue weighted by molar-refractivity contribution is 9.10. The summed E-state index contributed by atoms with van der Waals surface area (Å²) < 4.78 is 6.58. The molecule has 102 valence electrons. The predicted octanol–water partition coefficient (Wildman–Crippen LogP) is 3.75. The summed E-state index contributed by atoms with van der Waals surface area (Å²) in [5.41, 5.74) is 6.83. The number of nitriles is 1. The molecule has 0 unspecified atom stereocenters. The van der Waals surface area contributed by atoms with Crippen molar-refractivity contribution in [3.05, 3.63) is 28.2 Å². The fourth-order valence-electron chi connectivity index (χ4n) is 2.48. The minimum absolute atomic E-state index is 0.198. The Labute approximate surface area is 122 Å². The van der Waals surface area contributed by atoms with Crippen molar-refractivity contribution in [2.45, 2.75) is 44.1 Å². The predicted molar refractivity (Wildman–Crippen MR) is 79.0 cm³/mol. The molecule has 1 aromatic rings. The quantitative estimate of drug-likeness (QED) is 0.862. The van der Waals surface area contributed by atoms with Crippen LogP contribution in [0.1, 0.15) is 44.1 Å². The van der Waals surface area contributed by atoms with Gasteiger partial charge in [-0.25, -0.2) is 0 Å². The van der Waals surface area contributed by atoms with Gasteiger partial charge in [-0.1, -0.05) is 25.7 Å². The van der Waals surface area contributed by atoms with Gasteiger partial charge in [0.15, 0.2) is 0 Å². The molecule has 0 atom stereocenters. The van der Waals surface area contributed by atoms with Crippen molar-refractivity contribution >= 4 is 15.9 Å². The minimum atomic E-state index is -0.198. The number of nitrogens with zero attached hydrogens (tertiary/aromatic N) is 1. The average Bonchev–Trinajstić information content (AvgIpc) is 2.62. The Morgan fingerprint density at radius 1 is 1.26 bits per heavy atom. The van der Waals surface area contributed by atoms with E-state index in [1.165, 1.54) is 25.7 Å². The van der Waals surface area contributed by atoms with Gasteiger partial charge in [0, 0.05) is 4.47 Å². The number of rotatable bonds is 3. The zero-order chi connectivity index (χ0) is 13.7. The molecular weight excluding hydrogens is 304 g/mol. The smallest absolute Gasteiger partial charge is 0.120 e. The van der Waals surface area contributed by atoms with Crippen molar-refractivity contribution in [1.82, 2.24) is 0 Å². The first-order chi connectivity index (χ1) is 9.13. The maximum atomic E-state index is 8.87. The summed E-state index contributed by atoms with van der Waals surface area (Å²) in [4.78, 5) is 0. The molecule has 1 aromatic carbocycles. The van der Waals surface area contributed by atoms with Gasteiger partial charge in [0.1, 0.15) is 18.4 Å². The van der Waals surface area contributed by atoms with Crippen LogP contribution in [0.3, 0.4) is 0 Å². The Morgan fingerprint density at radius 3 is 2.53 bits per heavy atom. The molecule has 3 nitrogen and oxygen atoms in total. The van der Waals surface area contributed by atoms with Crippen LogP contribution in [-0.4, -0.2) is 12.1 Å². The molecule has 1 fully saturated rings. The summed E-state index contributed by atoms with van der Waals surface area (Å²) in [6.45, 7) is 0.547. The first-order valence-corrected chi connectivity index (χ1v) is 7.54. The van der Waals surface area contributed by atoms with E-state index in [4.69, 9.17) is 15.7 Å². The highest BCUT2D eigenvalue weighted by atomic mass is 79.9. The van der Waals surface area contributed by atoms with Gasteiger partial charge in [-0.2, -0.15) is 5.26 Å². The second kappa shape index (κ2) is 6.40. The van der Waals surface area contributed by atoms with E-state index in [0.717, 1.165) is 23.1 Å². The summed E-state index contributed by atoms with van der Waals surface area (Å²) >= 11 is 3.37. The molecule has 0 spiro atoms. The fourth-order valence-corrected chi connectivity index (χ4v) is 2.93. The SMILES string of the molecule is N#Cc1ccc(OCC2(N)CCCCCC2)cc1Br. The molecule has 0 saturated heterocycles. The van der Waals surface area contributed by atoms with Crippen LogP contribution in [0.2, 0.25) is 0 Å². The fraction of sp³-hybridized carbons (Fsp3) is 0.533. The van der Waals surface area contributed by atoms with Crippen molar-refractivity contribution in [1.29, 1.82) is 5.26 Å². The summed E-state index contributed by atoms with van der Waals surface area (Å²) in [5, 5.41) is 8.87. The minimum Gasteiger partial charge on any atom is -0.492 e. The molecule has 2 N–H and O–H groups in total. The number of benzene rings is 1. The van der Waals surface area contributed by atoms with E-state index in [9.17, 15) is 0 Å². The third-order valence-electron chi connectivity index (χ3n) is 3.69. The maximum absolute atomic E-state index is 8.87. The third-order valence-corrected chi connectivity index (χ3v) is 4.34. The van der Waals surface area contributed by atoms with Gasteiger partial charge in [0.05, 0.1) is 11.1 Å². The van der Waals surface area contributed by atoms with Crippen LogP contribution in [0, 0.1) is 11.3 Å². The van der Waals surface area contributed by atoms with Gasteiger partial charge in [0.25, 0.3) is 0 Å². The van der Waals surface area contributed by atoms with Crippen LogP contribution in [0.25, 0.3) is 0 Å². The van der Waals surface area contributed by atoms with Gasteiger partial charge in [-0.15, -0.1) is 0 Å². The Bertz CT molecular complexity index is 474. The Kier molecular flexibility index (Phi) is 4.84. The van der Waals surface area contributed by atoms with E-state index >= 15 is 0 Å². The first-order valence-electron chi connectivity index (χ1n) is 6.74. The summed E-state index contributed by atoms with van der Waals surface area (Å²) in [6.07, 6.45) is 7.01. The lowest BCUT2D eigenvalue weighted by Gasteiger charge is -2.27. The molecule has 2 rings (SSSR count). The maximum Gasteiger partial charge on any atom is 0.120 e. The largest absolute Gasteiger partial charge is 0.492 e. The number of hydrogen-bond donors (Lipinski definition) is 1. The summed E-state index contributed by atoms with van der Waals surface area (Å²) in [7, 11) is 0. The highest BCUT2D eigenvalue weighted by Gasteiger charge is 2.27. The third kappa shape index (κ3) is 3.95. The normalized spacial score (nSPS) is 18.4. The van der Waals surface area contributed by atoms with E-state index in [1.54, 1.807) is 6.07 Å².